The van der Waals surface area contributed by atoms with Gasteiger partial charge in [0, 0.05) is 37.9 Å². The summed E-state index contributed by atoms with van der Waals surface area (Å²) < 4.78 is 3.71. The number of fused-ring (bicyclic) bond motifs is 1. The lowest BCUT2D eigenvalue weighted by molar-refractivity contribution is 0.467. The van der Waals surface area contributed by atoms with Crippen molar-refractivity contribution in [1.29, 1.82) is 0 Å². The third kappa shape index (κ3) is 2.73. The summed E-state index contributed by atoms with van der Waals surface area (Å²) in [7, 11) is 0. The summed E-state index contributed by atoms with van der Waals surface area (Å²) in [5, 5.41) is 12.0. The number of hydrogen-bond acceptors (Lipinski definition) is 4. The Morgan fingerprint density at radius 3 is 3.05 bits per heavy atom. The number of hydrogen-bond donors (Lipinski definition) is 1. The molecule has 0 spiro atoms. The van der Waals surface area contributed by atoms with E-state index in [0.717, 1.165) is 24.6 Å². The minimum absolute atomic E-state index is 0.472. The zero-order chi connectivity index (χ0) is 13.1. The molecule has 0 saturated carbocycles. The minimum atomic E-state index is 0.472. The van der Waals surface area contributed by atoms with Crippen molar-refractivity contribution in [2.45, 2.75) is 13.5 Å². The Balaban J connectivity index is 1.59. The van der Waals surface area contributed by atoms with E-state index in [0.29, 0.717) is 5.92 Å². The number of imidazole rings is 1. The molecule has 0 aliphatic rings. The van der Waals surface area contributed by atoms with Gasteiger partial charge in [-0.15, -0.1) is 5.10 Å². The first-order valence-corrected chi connectivity index (χ1v) is 6.33. The summed E-state index contributed by atoms with van der Waals surface area (Å²) in [5.74, 6) is 1.33. The highest BCUT2D eigenvalue weighted by Gasteiger charge is 2.04. The molecule has 19 heavy (non-hydrogen) atoms. The van der Waals surface area contributed by atoms with Gasteiger partial charge in [-0.05, 0) is 24.1 Å². The number of nitrogens with zero attached hydrogens (tertiary/aromatic N) is 5. The molecule has 1 atom stereocenters. The molecule has 6 heteroatoms. The minimum Gasteiger partial charge on any atom is -0.368 e. The highest BCUT2D eigenvalue weighted by molar-refractivity contribution is 5.43. The van der Waals surface area contributed by atoms with Crippen LogP contribution < -0.4 is 5.32 Å². The van der Waals surface area contributed by atoms with Crippen LogP contribution in [0.3, 0.4) is 0 Å². The largest absolute Gasteiger partial charge is 0.368 e. The summed E-state index contributed by atoms with van der Waals surface area (Å²) in [4.78, 5) is 4.17. The van der Waals surface area contributed by atoms with Crippen molar-refractivity contribution >= 4 is 11.5 Å². The predicted molar refractivity (Wildman–Crippen MR) is 72.9 cm³/mol. The first-order chi connectivity index (χ1) is 9.31. The maximum absolute atomic E-state index is 4.42. The predicted octanol–water partition coefficient (Wildman–Crippen LogP) is 1.67. The van der Waals surface area contributed by atoms with Gasteiger partial charge in [-0.2, -0.15) is 5.10 Å². The van der Waals surface area contributed by atoms with E-state index in [1.165, 1.54) is 0 Å². The lowest BCUT2D eigenvalue weighted by Crippen LogP contribution is -2.18. The van der Waals surface area contributed by atoms with Crippen molar-refractivity contribution in [1.82, 2.24) is 24.4 Å². The molecule has 0 aromatic carbocycles. The Labute approximate surface area is 111 Å². The fourth-order valence-corrected chi connectivity index (χ4v) is 1.98. The monoisotopic (exact) mass is 256 g/mol. The summed E-state index contributed by atoms with van der Waals surface area (Å²) >= 11 is 0. The summed E-state index contributed by atoms with van der Waals surface area (Å²) in [6.45, 7) is 3.94. The van der Waals surface area contributed by atoms with Crippen LogP contribution in [0.15, 0.2) is 43.0 Å². The second-order valence-electron chi connectivity index (χ2n) is 4.66. The molecule has 0 fully saturated rings. The summed E-state index contributed by atoms with van der Waals surface area (Å²) in [6, 6.07) is 5.84. The first kappa shape index (κ1) is 11.7. The van der Waals surface area contributed by atoms with E-state index in [4.69, 9.17) is 0 Å². The van der Waals surface area contributed by atoms with E-state index in [1.807, 2.05) is 35.3 Å². The smallest absolute Gasteiger partial charge is 0.153 e. The molecule has 0 bridgehead atoms. The first-order valence-electron chi connectivity index (χ1n) is 6.33. The van der Waals surface area contributed by atoms with Crippen molar-refractivity contribution in [3.63, 3.8) is 0 Å². The third-order valence-electron chi connectivity index (χ3n) is 2.94. The molecule has 1 unspecified atom stereocenters. The molecule has 3 heterocycles. The van der Waals surface area contributed by atoms with Crippen LogP contribution in [-0.4, -0.2) is 30.9 Å². The van der Waals surface area contributed by atoms with Crippen molar-refractivity contribution in [3.05, 3.63) is 43.0 Å². The molecule has 98 valence electrons. The average Bonchev–Trinajstić information content (AvgIpc) is 3.06. The van der Waals surface area contributed by atoms with Crippen molar-refractivity contribution in [2.75, 3.05) is 11.9 Å². The zero-order valence-corrected chi connectivity index (χ0v) is 10.8. The van der Waals surface area contributed by atoms with Gasteiger partial charge in [0.2, 0.25) is 0 Å². The highest BCUT2D eigenvalue weighted by atomic mass is 15.3. The zero-order valence-electron chi connectivity index (χ0n) is 10.8. The molecular formula is C13H16N6. The molecule has 1 N–H and O–H groups in total. The van der Waals surface area contributed by atoms with E-state index in [2.05, 4.69) is 27.4 Å². The third-order valence-corrected chi connectivity index (χ3v) is 2.94. The van der Waals surface area contributed by atoms with Gasteiger partial charge in [-0.1, -0.05) is 6.92 Å². The summed E-state index contributed by atoms with van der Waals surface area (Å²) in [6.07, 6.45) is 7.36. The molecule has 3 rings (SSSR count). The van der Waals surface area contributed by atoms with Crippen LogP contribution in [-0.2, 0) is 6.54 Å². The average molecular weight is 256 g/mol. The Morgan fingerprint density at radius 1 is 1.26 bits per heavy atom. The van der Waals surface area contributed by atoms with Gasteiger partial charge in [-0.3, -0.25) is 4.68 Å². The molecule has 0 saturated heterocycles. The van der Waals surface area contributed by atoms with Crippen LogP contribution in [0, 0.1) is 5.92 Å². The molecular weight excluding hydrogens is 240 g/mol. The van der Waals surface area contributed by atoms with Crippen molar-refractivity contribution in [2.24, 2.45) is 5.92 Å². The van der Waals surface area contributed by atoms with Gasteiger partial charge in [0.1, 0.15) is 5.82 Å². The second kappa shape index (κ2) is 5.09. The Hall–Kier alpha value is -2.37. The molecule has 3 aromatic heterocycles. The van der Waals surface area contributed by atoms with Gasteiger partial charge >= 0.3 is 0 Å². The Bertz CT molecular complexity index is 642. The molecule has 3 aromatic rings. The standard InChI is InChI=1S/C13H16N6/c1-11(10-18-7-2-5-16-18)9-15-12-3-4-13-14-6-8-19(13)17-12/h2-8,11H,9-10H2,1H3,(H,15,17). The highest BCUT2D eigenvalue weighted by Crippen LogP contribution is 2.07. The van der Waals surface area contributed by atoms with Crippen LogP contribution in [0.2, 0.25) is 0 Å². The number of rotatable bonds is 5. The van der Waals surface area contributed by atoms with Crippen LogP contribution in [0.5, 0.6) is 0 Å². The normalized spacial score (nSPS) is 12.7. The van der Waals surface area contributed by atoms with E-state index in [1.54, 1.807) is 16.9 Å². The molecule has 0 aliphatic heterocycles. The molecule has 0 aliphatic carbocycles. The molecule has 0 amide bonds. The fraction of sp³-hybridized carbons (Fsp3) is 0.308. The maximum atomic E-state index is 4.42. The van der Waals surface area contributed by atoms with Crippen LogP contribution >= 0.6 is 0 Å². The van der Waals surface area contributed by atoms with Crippen molar-refractivity contribution < 1.29 is 0 Å². The SMILES string of the molecule is CC(CNc1ccc2nccn2n1)Cn1cccn1. The van der Waals surface area contributed by atoms with Gasteiger partial charge in [0.25, 0.3) is 0 Å². The topological polar surface area (TPSA) is 60.0 Å². The van der Waals surface area contributed by atoms with E-state index < -0.39 is 0 Å². The van der Waals surface area contributed by atoms with E-state index in [-0.39, 0.29) is 0 Å². The summed E-state index contributed by atoms with van der Waals surface area (Å²) in [5.41, 5.74) is 0.857. The van der Waals surface area contributed by atoms with Gasteiger partial charge in [0.05, 0.1) is 0 Å². The van der Waals surface area contributed by atoms with Crippen molar-refractivity contribution in [3.8, 4) is 0 Å². The molecule has 0 radical (unpaired) electrons. The van der Waals surface area contributed by atoms with Crippen LogP contribution in [0.25, 0.3) is 5.65 Å². The Morgan fingerprint density at radius 2 is 2.21 bits per heavy atom. The lowest BCUT2D eigenvalue weighted by Gasteiger charge is -2.13. The number of aromatic nitrogens is 5. The van der Waals surface area contributed by atoms with Crippen LogP contribution in [0.4, 0.5) is 5.82 Å². The van der Waals surface area contributed by atoms with Gasteiger partial charge < -0.3 is 5.32 Å². The Kier molecular flexibility index (Phi) is 3.14. The molecule has 6 nitrogen and oxygen atoms in total. The van der Waals surface area contributed by atoms with Crippen LogP contribution in [0.1, 0.15) is 6.92 Å². The van der Waals surface area contributed by atoms with Gasteiger partial charge in [0.15, 0.2) is 5.65 Å². The van der Waals surface area contributed by atoms with E-state index >= 15 is 0 Å². The number of nitrogens with one attached hydrogen (secondary N) is 1. The fourth-order valence-electron chi connectivity index (χ4n) is 1.98. The van der Waals surface area contributed by atoms with E-state index in [9.17, 15) is 0 Å². The quantitative estimate of drug-likeness (QED) is 0.754. The lowest BCUT2D eigenvalue weighted by atomic mass is 10.2. The maximum Gasteiger partial charge on any atom is 0.153 e. The number of anilines is 1. The van der Waals surface area contributed by atoms with Gasteiger partial charge in [-0.25, -0.2) is 9.50 Å². The second-order valence-corrected chi connectivity index (χ2v) is 4.66.